The van der Waals surface area contributed by atoms with Crippen molar-refractivity contribution in [3.63, 3.8) is 0 Å². The van der Waals surface area contributed by atoms with Gasteiger partial charge in [-0.05, 0) is 81.6 Å². The molecule has 3 aromatic rings. The van der Waals surface area contributed by atoms with Gasteiger partial charge in [-0.25, -0.2) is 15.0 Å². The van der Waals surface area contributed by atoms with Crippen LogP contribution in [0.3, 0.4) is 0 Å². The third kappa shape index (κ3) is 5.53. The molecule has 3 heterocycles. The number of likely N-dealkylation sites (tertiary alicyclic amines) is 1. The van der Waals surface area contributed by atoms with E-state index in [4.69, 9.17) is 27.9 Å². The van der Waals surface area contributed by atoms with Crippen LogP contribution in [-0.4, -0.2) is 64.8 Å². The summed E-state index contributed by atoms with van der Waals surface area (Å²) in [5.41, 5.74) is 2.85. The number of hydrazone groups is 1. The normalized spacial score (nSPS) is 19.2. The predicted octanol–water partition coefficient (Wildman–Crippen LogP) is 5.84. The second kappa shape index (κ2) is 10.9. The van der Waals surface area contributed by atoms with E-state index in [1.54, 1.807) is 35.6 Å². The highest BCUT2D eigenvalue weighted by Crippen LogP contribution is 2.50. The summed E-state index contributed by atoms with van der Waals surface area (Å²) in [5.74, 6) is 1.89. The molecular weight excluding hydrogens is 533 g/mol. The summed E-state index contributed by atoms with van der Waals surface area (Å²) in [6.07, 6.45) is 8.01. The van der Waals surface area contributed by atoms with Gasteiger partial charge in [0.25, 0.3) is 5.91 Å². The summed E-state index contributed by atoms with van der Waals surface area (Å²) in [7, 11) is 2.16. The number of nitrogens with zero attached hydrogens (tertiary/aromatic N) is 5. The van der Waals surface area contributed by atoms with Crippen LogP contribution in [0.1, 0.15) is 43.2 Å². The third-order valence-corrected chi connectivity index (χ3v) is 8.62. The largest absolute Gasteiger partial charge is 0.490 e. The lowest BCUT2D eigenvalue weighted by molar-refractivity contribution is -0.133. The van der Waals surface area contributed by atoms with Crippen molar-refractivity contribution in [2.45, 2.75) is 37.5 Å². The molecule has 3 aliphatic rings. The van der Waals surface area contributed by atoms with E-state index in [0.717, 1.165) is 61.2 Å². The van der Waals surface area contributed by atoms with Gasteiger partial charge in [-0.15, -0.1) is 0 Å². The lowest BCUT2D eigenvalue weighted by Gasteiger charge is -2.28. The Kier molecular flexibility index (Phi) is 7.31. The molecule has 6 rings (SSSR count). The van der Waals surface area contributed by atoms with Crippen molar-refractivity contribution in [3.8, 4) is 17.1 Å². The molecule has 1 aliphatic carbocycles. The van der Waals surface area contributed by atoms with Crippen LogP contribution in [0.5, 0.6) is 5.75 Å². The average Bonchev–Trinajstić information content (AvgIpc) is 3.63. The SMILES string of the molecule is CN1CCC(COc2cnc(-c3cccc(C4(C(=O)N5CCC(c6cc(Cl)ccc6Cl)=N5)CC4)c3)nc2)CC1. The summed E-state index contributed by atoms with van der Waals surface area (Å²) < 4.78 is 5.98. The Morgan fingerprint density at radius 2 is 1.82 bits per heavy atom. The van der Waals surface area contributed by atoms with Crippen molar-refractivity contribution in [1.82, 2.24) is 19.9 Å². The first kappa shape index (κ1) is 26.2. The molecule has 39 heavy (non-hydrogen) atoms. The van der Waals surface area contributed by atoms with E-state index in [2.05, 4.69) is 27.0 Å². The highest BCUT2D eigenvalue weighted by molar-refractivity contribution is 6.36. The number of ether oxygens (including phenoxy) is 1. The summed E-state index contributed by atoms with van der Waals surface area (Å²) in [6.45, 7) is 3.46. The first-order valence-electron chi connectivity index (χ1n) is 13.5. The monoisotopic (exact) mass is 563 g/mol. The maximum atomic E-state index is 13.7. The van der Waals surface area contributed by atoms with Crippen molar-refractivity contribution in [2.24, 2.45) is 11.0 Å². The zero-order valence-corrected chi connectivity index (χ0v) is 23.5. The van der Waals surface area contributed by atoms with Gasteiger partial charge < -0.3 is 9.64 Å². The van der Waals surface area contributed by atoms with E-state index in [1.807, 2.05) is 24.3 Å². The van der Waals surface area contributed by atoms with Crippen LogP contribution in [0.25, 0.3) is 11.4 Å². The molecule has 2 aliphatic heterocycles. The number of carbonyl (C=O) groups is 1. The molecule has 1 saturated carbocycles. The Morgan fingerprint density at radius 1 is 1.05 bits per heavy atom. The van der Waals surface area contributed by atoms with Gasteiger partial charge in [0.15, 0.2) is 11.6 Å². The fourth-order valence-corrected chi connectivity index (χ4v) is 5.85. The molecule has 0 atom stereocenters. The highest BCUT2D eigenvalue weighted by Gasteiger charge is 2.54. The minimum Gasteiger partial charge on any atom is -0.490 e. The van der Waals surface area contributed by atoms with Gasteiger partial charge in [0.2, 0.25) is 0 Å². The second-order valence-electron chi connectivity index (χ2n) is 10.8. The highest BCUT2D eigenvalue weighted by atomic mass is 35.5. The molecule has 9 heteroatoms. The molecule has 2 aromatic carbocycles. The van der Waals surface area contributed by atoms with Gasteiger partial charge >= 0.3 is 0 Å². The smallest absolute Gasteiger partial charge is 0.253 e. The first-order chi connectivity index (χ1) is 18.9. The Bertz CT molecular complexity index is 1400. The average molecular weight is 565 g/mol. The van der Waals surface area contributed by atoms with E-state index in [-0.39, 0.29) is 5.91 Å². The maximum Gasteiger partial charge on any atom is 0.253 e. The maximum absolute atomic E-state index is 13.7. The summed E-state index contributed by atoms with van der Waals surface area (Å²) in [4.78, 5) is 25.2. The van der Waals surface area contributed by atoms with Gasteiger partial charge in [-0.1, -0.05) is 41.4 Å². The van der Waals surface area contributed by atoms with Crippen LogP contribution < -0.4 is 4.74 Å². The van der Waals surface area contributed by atoms with Gasteiger partial charge in [-0.3, -0.25) is 4.79 Å². The van der Waals surface area contributed by atoms with E-state index < -0.39 is 5.41 Å². The molecule has 1 saturated heterocycles. The number of aromatic nitrogens is 2. The van der Waals surface area contributed by atoms with Crippen molar-refractivity contribution < 1.29 is 9.53 Å². The van der Waals surface area contributed by atoms with Crippen LogP contribution in [0.15, 0.2) is 60.0 Å². The Hall–Kier alpha value is -3.00. The number of piperidine rings is 1. The first-order valence-corrected chi connectivity index (χ1v) is 14.3. The molecule has 202 valence electrons. The minimum absolute atomic E-state index is 0.0198. The fraction of sp³-hybridized carbons (Fsp3) is 0.400. The van der Waals surface area contributed by atoms with E-state index in [0.29, 0.717) is 47.1 Å². The number of hydrogen-bond donors (Lipinski definition) is 0. The van der Waals surface area contributed by atoms with Crippen LogP contribution in [-0.2, 0) is 10.2 Å². The number of carbonyl (C=O) groups excluding carboxylic acids is 1. The second-order valence-corrected chi connectivity index (χ2v) is 11.7. The molecule has 1 amide bonds. The van der Waals surface area contributed by atoms with E-state index in [1.165, 1.54) is 0 Å². The quantitative estimate of drug-likeness (QED) is 0.361. The number of amides is 1. The summed E-state index contributed by atoms with van der Waals surface area (Å²) >= 11 is 12.6. The van der Waals surface area contributed by atoms with E-state index >= 15 is 0 Å². The van der Waals surface area contributed by atoms with Crippen molar-refractivity contribution in [3.05, 3.63) is 76.0 Å². The molecule has 2 fully saturated rings. The minimum atomic E-state index is -0.565. The summed E-state index contributed by atoms with van der Waals surface area (Å²) in [6, 6.07) is 13.3. The van der Waals surface area contributed by atoms with Crippen molar-refractivity contribution in [2.75, 3.05) is 33.3 Å². The van der Waals surface area contributed by atoms with Crippen molar-refractivity contribution >= 4 is 34.8 Å². The van der Waals surface area contributed by atoms with Gasteiger partial charge in [0.1, 0.15) is 0 Å². The van der Waals surface area contributed by atoms with Gasteiger partial charge in [0, 0.05) is 27.6 Å². The third-order valence-electron chi connectivity index (χ3n) is 8.06. The molecule has 0 unspecified atom stereocenters. The summed E-state index contributed by atoms with van der Waals surface area (Å²) in [5, 5.41) is 7.43. The Morgan fingerprint density at radius 3 is 2.56 bits per heavy atom. The number of hydrogen-bond acceptors (Lipinski definition) is 6. The number of benzene rings is 2. The zero-order chi connectivity index (χ0) is 27.0. The molecule has 1 aromatic heterocycles. The number of halogens is 2. The van der Waals surface area contributed by atoms with Crippen LogP contribution in [0, 0.1) is 5.92 Å². The molecule has 7 nitrogen and oxygen atoms in total. The van der Waals surface area contributed by atoms with Crippen LogP contribution in [0.4, 0.5) is 0 Å². The van der Waals surface area contributed by atoms with Gasteiger partial charge in [-0.2, -0.15) is 5.10 Å². The molecule has 0 radical (unpaired) electrons. The Balaban J connectivity index is 1.14. The molecular formula is C30H31Cl2N5O2. The molecule has 0 spiro atoms. The Labute approximate surface area is 238 Å². The lowest BCUT2D eigenvalue weighted by Crippen LogP contribution is -2.34. The lowest BCUT2D eigenvalue weighted by atomic mass is 9.93. The standard InChI is InChI=1S/C30H31Cl2N5O2/c1-36-12-7-20(8-13-36)19-39-24-17-33-28(34-18-24)21-3-2-4-22(15-21)30(10-11-30)29(38)37-14-9-27(35-37)25-16-23(31)5-6-26(25)32/h2-6,15-18,20H,7-14,19H2,1H3. The molecule has 0 N–H and O–H groups in total. The van der Waals surface area contributed by atoms with Crippen LogP contribution >= 0.6 is 23.2 Å². The number of rotatable bonds is 7. The van der Waals surface area contributed by atoms with Crippen molar-refractivity contribution in [1.29, 1.82) is 0 Å². The topological polar surface area (TPSA) is 70.9 Å². The zero-order valence-electron chi connectivity index (χ0n) is 21.9. The molecule has 0 bridgehead atoms. The van der Waals surface area contributed by atoms with Crippen LogP contribution in [0.2, 0.25) is 10.0 Å². The van der Waals surface area contributed by atoms with Gasteiger partial charge in [0.05, 0.1) is 36.7 Å². The predicted molar refractivity (Wildman–Crippen MR) is 153 cm³/mol. The van der Waals surface area contributed by atoms with E-state index in [9.17, 15) is 4.79 Å². The fourth-order valence-electron chi connectivity index (χ4n) is 5.45.